The van der Waals surface area contributed by atoms with E-state index >= 15 is 0 Å². The molecule has 0 N–H and O–H groups in total. The highest BCUT2D eigenvalue weighted by Gasteiger charge is 2.29. The van der Waals surface area contributed by atoms with Crippen molar-refractivity contribution in [3.05, 3.63) is 29.3 Å². The average molecular weight is 382 g/mol. The summed E-state index contributed by atoms with van der Waals surface area (Å²) in [5.41, 5.74) is 1.04. The molecule has 2 aliphatic rings. The number of esters is 1. The lowest BCUT2D eigenvalue weighted by Gasteiger charge is -2.38. The van der Waals surface area contributed by atoms with Crippen molar-refractivity contribution in [3.63, 3.8) is 0 Å². The minimum atomic E-state index is -0.204. The lowest BCUT2D eigenvalue weighted by atomic mass is 10.2. The third-order valence-corrected chi connectivity index (χ3v) is 5.79. The van der Waals surface area contributed by atoms with Crippen LogP contribution in [0.25, 0.3) is 0 Å². The second kappa shape index (κ2) is 8.92. The number of benzene rings is 1. The van der Waals surface area contributed by atoms with Gasteiger partial charge in [-0.3, -0.25) is 9.69 Å². The molecule has 25 heavy (non-hydrogen) atoms. The third-order valence-electron chi connectivity index (χ3n) is 4.55. The number of carbonyl (C=O) groups excluding carboxylic acids is 1. The molecule has 0 atom stereocenters. The van der Waals surface area contributed by atoms with Gasteiger partial charge in [-0.15, -0.1) is 0 Å². The molecule has 1 aromatic carbocycles. The van der Waals surface area contributed by atoms with E-state index in [4.69, 9.17) is 21.3 Å². The summed E-state index contributed by atoms with van der Waals surface area (Å²) in [6.07, 6.45) is 5.09. The summed E-state index contributed by atoms with van der Waals surface area (Å²) in [6, 6.07) is 8.38. The van der Waals surface area contributed by atoms with Crippen LogP contribution in [0.1, 0.15) is 32.6 Å². The molecule has 1 aliphatic carbocycles. The van der Waals surface area contributed by atoms with E-state index in [1.54, 1.807) is 0 Å². The molecule has 5 nitrogen and oxygen atoms in total. The van der Waals surface area contributed by atoms with Crippen LogP contribution in [-0.2, 0) is 9.53 Å². The van der Waals surface area contributed by atoms with Crippen molar-refractivity contribution in [2.45, 2.75) is 38.6 Å². The first-order valence-electron chi connectivity index (χ1n) is 8.77. The summed E-state index contributed by atoms with van der Waals surface area (Å²) in [5, 5.41) is 1.58. The Morgan fingerprint density at radius 2 is 2.04 bits per heavy atom. The molecule has 1 fully saturated rings. The van der Waals surface area contributed by atoms with Crippen LogP contribution in [0.2, 0.25) is 5.02 Å². The molecule has 1 aliphatic heterocycles. The van der Waals surface area contributed by atoms with Crippen LogP contribution in [0, 0.1) is 0 Å². The summed E-state index contributed by atoms with van der Waals surface area (Å²) in [4.78, 5) is 21.1. The van der Waals surface area contributed by atoms with Crippen LogP contribution < -0.4 is 4.90 Å². The van der Waals surface area contributed by atoms with Gasteiger partial charge < -0.3 is 9.64 Å². The Bertz CT molecular complexity index is 617. The maximum absolute atomic E-state index is 11.7. The fraction of sp³-hybridized carbons (Fsp3) is 0.556. The van der Waals surface area contributed by atoms with E-state index in [2.05, 4.69) is 9.80 Å². The quantitative estimate of drug-likeness (QED) is 0.722. The number of anilines is 1. The maximum atomic E-state index is 11.7. The SMILES string of the molecule is CCOC(=O)CSC1=NCN(C2CCCC2)CN1c1ccc(Cl)cc1. The second-order valence-electron chi connectivity index (χ2n) is 6.25. The molecule has 1 saturated carbocycles. The van der Waals surface area contributed by atoms with E-state index in [-0.39, 0.29) is 11.7 Å². The van der Waals surface area contributed by atoms with E-state index in [1.807, 2.05) is 31.2 Å². The molecule has 136 valence electrons. The second-order valence-corrected chi connectivity index (χ2v) is 7.63. The highest BCUT2D eigenvalue weighted by atomic mass is 35.5. The van der Waals surface area contributed by atoms with Crippen molar-refractivity contribution in [1.29, 1.82) is 0 Å². The van der Waals surface area contributed by atoms with E-state index in [9.17, 15) is 4.79 Å². The first-order chi connectivity index (χ1) is 12.2. The molecule has 0 bridgehead atoms. The number of amidine groups is 1. The van der Waals surface area contributed by atoms with Gasteiger partial charge in [-0.2, -0.15) is 0 Å². The number of nitrogens with zero attached hydrogens (tertiary/aromatic N) is 3. The molecule has 3 rings (SSSR count). The van der Waals surface area contributed by atoms with Crippen molar-refractivity contribution in [1.82, 2.24) is 4.90 Å². The summed E-state index contributed by atoms with van der Waals surface area (Å²) in [5.74, 6) is 0.0738. The number of halogens is 1. The fourth-order valence-electron chi connectivity index (χ4n) is 3.29. The largest absolute Gasteiger partial charge is 0.465 e. The zero-order valence-electron chi connectivity index (χ0n) is 14.5. The van der Waals surface area contributed by atoms with Gasteiger partial charge in [-0.1, -0.05) is 36.2 Å². The van der Waals surface area contributed by atoms with Gasteiger partial charge in [0.2, 0.25) is 0 Å². The van der Waals surface area contributed by atoms with Crippen LogP contribution in [0.5, 0.6) is 0 Å². The molecule has 1 heterocycles. The van der Waals surface area contributed by atoms with Crippen LogP contribution >= 0.6 is 23.4 Å². The fourth-order valence-corrected chi connectivity index (χ4v) is 4.21. The predicted octanol–water partition coefficient (Wildman–Crippen LogP) is 3.97. The third kappa shape index (κ3) is 4.90. The number of rotatable bonds is 5. The van der Waals surface area contributed by atoms with E-state index in [0.29, 0.717) is 24.3 Å². The molecule has 0 saturated heterocycles. The van der Waals surface area contributed by atoms with Crippen molar-refractivity contribution in [2.75, 3.05) is 30.6 Å². The van der Waals surface area contributed by atoms with Gasteiger partial charge in [-0.25, -0.2) is 4.99 Å². The number of carbonyl (C=O) groups is 1. The van der Waals surface area contributed by atoms with Gasteiger partial charge >= 0.3 is 5.97 Å². The molecular weight excluding hydrogens is 358 g/mol. The number of aliphatic imine (C=N–C) groups is 1. The summed E-state index contributed by atoms with van der Waals surface area (Å²) in [6.45, 7) is 3.71. The summed E-state index contributed by atoms with van der Waals surface area (Å²) < 4.78 is 5.03. The van der Waals surface area contributed by atoms with Gasteiger partial charge in [-0.05, 0) is 44.0 Å². The first kappa shape index (κ1) is 18.5. The van der Waals surface area contributed by atoms with E-state index in [1.165, 1.54) is 37.4 Å². The summed E-state index contributed by atoms with van der Waals surface area (Å²) in [7, 11) is 0. The minimum absolute atomic E-state index is 0.204. The number of hydrogen-bond donors (Lipinski definition) is 0. The van der Waals surface area contributed by atoms with Crippen molar-refractivity contribution >= 4 is 40.2 Å². The zero-order valence-corrected chi connectivity index (χ0v) is 16.1. The highest BCUT2D eigenvalue weighted by molar-refractivity contribution is 8.14. The number of thioether (sulfide) groups is 1. The minimum Gasteiger partial charge on any atom is -0.465 e. The number of ether oxygens (including phenoxy) is 1. The van der Waals surface area contributed by atoms with Gasteiger partial charge in [0, 0.05) is 16.8 Å². The van der Waals surface area contributed by atoms with E-state index in [0.717, 1.165) is 17.5 Å². The van der Waals surface area contributed by atoms with E-state index < -0.39 is 0 Å². The maximum Gasteiger partial charge on any atom is 0.316 e. The molecule has 0 unspecified atom stereocenters. The molecule has 0 spiro atoms. The normalized spacial score (nSPS) is 19.1. The lowest BCUT2D eigenvalue weighted by molar-refractivity contribution is -0.139. The van der Waals surface area contributed by atoms with Crippen LogP contribution in [0.3, 0.4) is 0 Å². The first-order valence-corrected chi connectivity index (χ1v) is 10.1. The van der Waals surface area contributed by atoms with Crippen molar-refractivity contribution in [3.8, 4) is 0 Å². The van der Waals surface area contributed by atoms with Crippen LogP contribution in [0.4, 0.5) is 5.69 Å². The Labute approximate surface area is 158 Å². The molecule has 0 amide bonds. The highest BCUT2D eigenvalue weighted by Crippen LogP contribution is 2.29. The number of hydrogen-bond acceptors (Lipinski definition) is 6. The smallest absolute Gasteiger partial charge is 0.316 e. The Morgan fingerprint density at radius 3 is 2.72 bits per heavy atom. The lowest BCUT2D eigenvalue weighted by Crippen LogP contribution is -2.49. The van der Waals surface area contributed by atoms with Crippen molar-refractivity contribution in [2.24, 2.45) is 4.99 Å². The topological polar surface area (TPSA) is 45.1 Å². The Morgan fingerprint density at radius 1 is 1.32 bits per heavy atom. The Balaban J connectivity index is 1.74. The monoisotopic (exact) mass is 381 g/mol. The van der Waals surface area contributed by atoms with Crippen molar-refractivity contribution < 1.29 is 9.53 Å². The van der Waals surface area contributed by atoms with Gasteiger partial charge in [0.15, 0.2) is 5.17 Å². The molecule has 1 aromatic rings. The van der Waals surface area contributed by atoms with Gasteiger partial charge in [0.25, 0.3) is 0 Å². The van der Waals surface area contributed by atoms with Gasteiger partial charge in [0.1, 0.15) is 0 Å². The standard InChI is InChI=1S/C18H24ClN3O2S/c1-2-24-17(23)11-25-18-20-12-21(15-5-3-4-6-15)13-22(18)16-9-7-14(19)8-10-16/h7-10,15H,2-6,11-13H2,1H3. The predicted molar refractivity (Wildman–Crippen MR) is 104 cm³/mol. The zero-order chi connectivity index (χ0) is 17.6. The Hall–Kier alpha value is -1.24. The Kier molecular flexibility index (Phi) is 6.62. The molecule has 0 radical (unpaired) electrons. The van der Waals surface area contributed by atoms with Gasteiger partial charge in [0.05, 0.1) is 25.7 Å². The molecular formula is C18H24ClN3O2S. The summed E-state index contributed by atoms with van der Waals surface area (Å²) >= 11 is 7.47. The van der Waals surface area contributed by atoms with Crippen LogP contribution in [-0.4, -0.2) is 47.8 Å². The van der Waals surface area contributed by atoms with Crippen LogP contribution in [0.15, 0.2) is 29.3 Å². The molecule has 7 heteroatoms. The molecule has 0 aromatic heterocycles. The average Bonchev–Trinajstić information content (AvgIpc) is 3.15.